The Bertz CT molecular complexity index is 423. The van der Waals surface area contributed by atoms with E-state index in [9.17, 15) is 9.90 Å². The molecule has 1 atom stereocenters. The Kier molecular flexibility index (Phi) is 3.35. The number of carbonyl (C=O) groups is 1. The predicted molar refractivity (Wildman–Crippen MR) is 56.6 cm³/mol. The number of hydrogen-bond acceptors (Lipinski definition) is 4. The lowest BCUT2D eigenvalue weighted by Gasteiger charge is -2.20. The Balaban J connectivity index is 2.94. The van der Waals surface area contributed by atoms with Crippen molar-refractivity contribution in [3.05, 3.63) is 24.0 Å². The molecule has 86 valence electrons. The minimum atomic E-state index is -1.33. The predicted octanol–water partition coefficient (Wildman–Crippen LogP) is 1.83. The summed E-state index contributed by atoms with van der Waals surface area (Å²) in [7, 11) is 0. The van der Waals surface area contributed by atoms with Crippen LogP contribution in [-0.4, -0.2) is 21.4 Å². The van der Waals surface area contributed by atoms with Crippen LogP contribution in [0.4, 0.5) is 4.79 Å². The second-order valence-electron chi connectivity index (χ2n) is 4.32. The van der Waals surface area contributed by atoms with Gasteiger partial charge >= 0.3 is 6.09 Å². The van der Waals surface area contributed by atoms with E-state index in [0.717, 1.165) is 4.57 Å². The van der Waals surface area contributed by atoms with Crippen LogP contribution >= 0.6 is 0 Å². The van der Waals surface area contributed by atoms with Crippen molar-refractivity contribution in [2.45, 2.75) is 32.5 Å². The maximum atomic E-state index is 11.7. The molecule has 1 unspecified atom stereocenters. The molecule has 1 aromatic heterocycles. The molecule has 0 bridgehead atoms. The summed E-state index contributed by atoms with van der Waals surface area (Å²) in [4.78, 5) is 11.7. The lowest BCUT2D eigenvalue weighted by Crippen LogP contribution is -2.28. The van der Waals surface area contributed by atoms with Crippen molar-refractivity contribution < 1.29 is 14.6 Å². The molecule has 0 radical (unpaired) electrons. The SMILES string of the molecule is CC(C)(C)OC(=O)n1cccc1C(O)C#N. The molecule has 5 heteroatoms. The zero-order valence-electron chi connectivity index (χ0n) is 9.47. The first-order valence-corrected chi connectivity index (χ1v) is 4.83. The van der Waals surface area contributed by atoms with Crippen LogP contribution in [0.1, 0.15) is 32.6 Å². The van der Waals surface area contributed by atoms with Gasteiger partial charge < -0.3 is 9.84 Å². The second kappa shape index (κ2) is 4.37. The first-order chi connectivity index (χ1) is 7.35. The van der Waals surface area contributed by atoms with Gasteiger partial charge in [-0.15, -0.1) is 0 Å². The second-order valence-corrected chi connectivity index (χ2v) is 4.32. The van der Waals surface area contributed by atoms with Crippen LogP contribution in [0.25, 0.3) is 0 Å². The van der Waals surface area contributed by atoms with Gasteiger partial charge in [-0.3, -0.25) is 4.57 Å². The number of hydrogen-bond donors (Lipinski definition) is 1. The van der Waals surface area contributed by atoms with Crippen molar-refractivity contribution in [3.63, 3.8) is 0 Å². The molecular weight excluding hydrogens is 208 g/mol. The highest BCUT2D eigenvalue weighted by Crippen LogP contribution is 2.15. The third-order valence-electron chi connectivity index (χ3n) is 1.77. The van der Waals surface area contributed by atoms with Crippen LogP contribution in [0.5, 0.6) is 0 Å². The van der Waals surface area contributed by atoms with E-state index in [2.05, 4.69) is 0 Å². The van der Waals surface area contributed by atoms with Gasteiger partial charge in [0.25, 0.3) is 0 Å². The summed E-state index contributed by atoms with van der Waals surface area (Å²) in [5.41, 5.74) is -0.410. The molecule has 1 heterocycles. The molecule has 0 fully saturated rings. The Labute approximate surface area is 93.9 Å². The number of aliphatic hydroxyl groups excluding tert-OH is 1. The largest absolute Gasteiger partial charge is 0.443 e. The summed E-state index contributed by atoms with van der Waals surface area (Å²) in [6.45, 7) is 5.23. The minimum absolute atomic E-state index is 0.205. The van der Waals surface area contributed by atoms with Crippen LogP contribution in [0.3, 0.4) is 0 Å². The van der Waals surface area contributed by atoms with Gasteiger partial charge in [-0.1, -0.05) is 0 Å². The van der Waals surface area contributed by atoms with E-state index in [-0.39, 0.29) is 5.69 Å². The van der Waals surface area contributed by atoms with Gasteiger partial charge in [-0.05, 0) is 32.9 Å². The van der Waals surface area contributed by atoms with Gasteiger partial charge in [-0.2, -0.15) is 5.26 Å². The van der Waals surface area contributed by atoms with Crippen molar-refractivity contribution >= 4 is 6.09 Å². The van der Waals surface area contributed by atoms with E-state index < -0.39 is 17.8 Å². The van der Waals surface area contributed by atoms with Crippen molar-refractivity contribution in [1.29, 1.82) is 5.26 Å². The first kappa shape index (κ1) is 12.3. The summed E-state index contributed by atoms with van der Waals surface area (Å²) in [5, 5.41) is 17.9. The van der Waals surface area contributed by atoms with E-state index in [0.29, 0.717) is 0 Å². The summed E-state index contributed by atoms with van der Waals surface area (Å²) >= 11 is 0. The average Bonchev–Trinajstić information content (AvgIpc) is 2.62. The van der Waals surface area contributed by atoms with E-state index in [1.807, 2.05) is 0 Å². The van der Waals surface area contributed by atoms with Crippen LogP contribution < -0.4 is 0 Å². The van der Waals surface area contributed by atoms with Gasteiger partial charge in [0.2, 0.25) is 0 Å². The molecule has 0 aromatic carbocycles. The number of nitrogens with zero attached hydrogens (tertiary/aromatic N) is 2. The standard InChI is InChI=1S/C11H14N2O3/c1-11(2,3)16-10(15)13-6-4-5-8(13)9(14)7-12/h4-6,9,14H,1-3H3. The van der Waals surface area contributed by atoms with Crippen molar-refractivity contribution in [1.82, 2.24) is 4.57 Å². The van der Waals surface area contributed by atoms with Gasteiger partial charge in [0.1, 0.15) is 11.7 Å². The molecule has 0 aliphatic rings. The van der Waals surface area contributed by atoms with Crippen molar-refractivity contribution in [2.24, 2.45) is 0 Å². The Morgan fingerprint density at radius 2 is 2.25 bits per heavy atom. The highest BCUT2D eigenvalue weighted by atomic mass is 16.6. The molecule has 0 amide bonds. The smallest absolute Gasteiger partial charge is 0.418 e. The molecule has 5 nitrogen and oxygen atoms in total. The molecule has 0 spiro atoms. The highest BCUT2D eigenvalue weighted by Gasteiger charge is 2.21. The maximum Gasteiger partial charge on any atom is 0.418 e. The van der Waals surface area contributed by atoms with Gasteiger partial charge in [-0.25, -0.2) is 4.79 Å². The third kappa shape index (κ3) is 2.84. The number of aromatic nitrogens is 1. The van der Waals surface area contributed by atoms with Gasteiger partial charge in [0.15, 0.2) is 6.10 Å². The van der Waals surface area contributed by atoms with Crippen LogP contribution in [0.2, 0.25) is 0 Å². The fourth-order valence-electron chi connectivity index (χ4n) is 1.16. The molecule has 0 saturated heterocycles. The van der Waals surface area contributed by atoms with E-state index >= 15 is 0 Å². The lowest BCUT2D eigenvalue weighted by molar-refractivity contribution is 0.0522. The number of aliphatic hydroxyl groups is 1. The van der Waals surface area contributed by atoms with Crippen molar-refractivity contribution in [2.75, 3.05) is 0 Å². The molecular formula is C11H14N2O3. The summed E-state index contributed by atoms with van der Waals surface area (Å²) in [6.07, 6.45) is -0.492. The lowest BCUT2D eigenvalue weighted by atomic mass is 10.2. The Morgan fingerprint density at radius 3 is 2.75 bits per heavy atom. The molecule has 1 rings (SSSR count). The van der Waals surface area contributed by atoms with Crippen LogP contribution in [-0.2, 0) is 4.74 Å². The summed E-state index contributed by atoms with van der Waals surface area (Å²) in [6, 6.07) is 4.72. The summed E-state index contributed by atoms with van der Waals surface area (Å²) in [5.74, 6) is 0. The van der Waals surface area contributed by atoms with E-state index in [1.165, 1.54) is 12.3 Å². The topological polar surface area (TPSA) is 75.2 Å². The fraction of sp³-hybridized carbons (Fsp3) is 0.455. The number of carbonyl (C=O) groups excluding carboxylic acids is 1. The number of nitriles is 1. The molecule has 1 aromatic rings. The number of ether oxygens (including phenoxy) is 1. The van der Waals surface area contributed by atoms with Crippen LogP contribution in [0, 0.1) is 11.3 Å². The Hall–Kier alpha value is -1.80. The summed E-state index contributed by atoms with van der Waals surface area (Å²) < 4.78 is 6.25. The van der Waals surface area contributed by atoms with E-state index in [1.54, 1.807) is 32.9 Å². The third-order valence-corrected chi connectivity index (χ3v) is 1.77. The molecule has 1 N–H and O–H groups in total. The zero-order valence-corrected chi connectivity index (χ0v) is 9.47. The number of rotatable bonds is 1. The average molecular weight is 222 g/mol. The fourth-order valence-corrected chi connectivity index (χ4v) is 1.16. The molecule has 0 aliphatic heterocycles. The normalized spacial score (nSPS) is 12.9. The molecule has 16 heavy (non-hydrogen) atoms. The Morgan fingerprint density at radius 1 is 1.62 bits per heavy atom. The van der Waals surface area contributed by atoms with E-state index in [4.69, 9.17) is 10.00 Å². The van der Waals surface area contributed by atoms with Gasteiger partial charge in [0.05, 0.1) is 5.69 Å². The highest BCUT2D eigenvalue weighted by molar-refractivity contribution is 5.72. The van der Waals surface area contributed by atoms with Gasteiger partial charge in [0, 0.05) is 6.20 Å². The monoisotopic (exact) mass is 222 g/mol. The van der Waals surface area contributed by atoms with Crippen molar-refractivity contribution in [3.8, 4) is 6.07 Å². The minimum Gasteiger partial charge on any atom is -0.443 e. The van der Waals surface area contributed by atoms with Crippen LogP contribution in [0.15, 0.2) is 18.3 Å². The first-order valence-electron chi connectivity index (χ1n) is 4.83. The maximum absolute atomic E-state index is 11.7. The zero-order chi connectivity index (χ0) is 12.3. The molecule has 0 saturated carbocycles. The molecule has 0 aliphatic carbocycles. The quantitative estimate of drug-likeness (QED) is 0.735.